The molecule has 1 N–H and O–H groups in total. The molecule has 0 fully saturated rings. The van der Waals surface area contributed by atoms with Crippen LogP contribution in [0.4, 0.5) is 4.39 Å². The molecule has 1 aromatic carbocycles. The van der Waals surface area contributed by atoms with Crippen molar-refractivity contribution in [2.75, 3.05) is 13.2 Å². The molecule has 1 amide bonds. The van der Waals surface area contributed by atoms with Crippen molar-refractivity contribution in [3.63, 3.8) is 0 Å². The van der Waals surface area contributed by atoms with Crippen LogP contribution in [0.5, 0.6) is 6.08 Å². The maximum atomic E-state index is 12.8. The predicted molar refractivity (Wildman–Crippen MR) is 76.9 cm³/mol. The van der Waals surface area contributed by atoms with Gasteiger partial charge in [0.1, 0.15) is 5.82 Å². The Hall–Kier alpha value is -2.44. The van der Waals surface area contributed by atoms with E-state index in [0.717, 1.165) is 18.4 Å². The third kappa shape index (κ3) is 5.16. The summed E-state index contributed by atoms with van der Waals surface area (Å²) in [6.45, 7) is 2.50. The van der Waals surface area contributed by atoms with E-state index in [1.807, 2.05) is 6.92 Å². The molecule has 2 rings (SSSR count). The Balaban J connectivity index is 1.78. The lowest BCUT2D eigenvalue weighted by Gasteiger charge is -2.03. The van der Waals surface area contributed by atoms with Crippen LogP contribution in [-0.4, -0.2) is 29.2 Å². The van der Waals surface area contributed by atoms with E-state index in [0.29, 0.717) is 18.8 Å². The van der Waals surface area contributed by atoms with E-state index in [1.165, 1.54) is 12.1 Å². The monoisotopic (exact) mass is 307 g/mol. The van der Waals surface area contributed by atoms with Crippen molar-refractivity contribution in [1.82, 2.24) is 15.5 Å². The fourth-order valence-electron chi connectivity index (χ4n) is 1.74. The number of hydrogen-bond donors (Lipinski definition) is 1. The van der Waals surface area contributed by atoms with Gasteiger partial charge in [-0.2, -0.15) is 4.98 Å². The van der Waals surface area contributed by atoms with Crippen molar-refractivity contribution >= 4 is 5.91 Å². The number of rotatable bonds is 8. The van der Waals surface area contributed by atoms with Gasteiger partial charge in [0, 0.05) is 13.0 Å². The van der Waals surface area contributed by atoms with Crippen molar-refractivity contribution < 1.29 is 18.4 Å². The molecule has 0 spiro atoms. The van der Waals surface area contributed by atoms with E-state index in [9.17, 15) is 9.18 Å². The largest absolute Gasteiger partial charge is 0.439 e. The molecule has 118 valence electrons. The summed E-state index contributed by atoms with van der Waals surface area (Å²) >= 11 is 0. The molecule has 0 radical (unpaired) electrons. The molecule has 0 saturated carbocycles. The fraction of sp³-hybridized carbons (Fsp3) is 0.400. The number of hydrogen-bond acceptors (Lipinski definition) is 5. The second-order valence-corrected chi connectivity index (χ2v) is 4.77. The number of nitrogens with one attached hydrogen (secondary N) is 1. The van der Waals surface area contributed by atoms with Crippen molar-refractivity contribution in [3.05, 3.63) is 41.5 Å². The predicted octanol–water partition coefficient (Wildman–Crippen LogP) is 2.09. The van der Waals surface area contributed by atoms with Crippen molar-refractivity contribution in [3.8, 4) is 6.08 Å². The second kappa shape index (κ2) is 8.11. The molecule has 1 aromatic heterocycles. The van der Waals surface area contributed by atoms with Gasteiger partial charge in [-0.05, 0) is 24.1 Å². The zero-order valence-electron chi connectivity index (χ0n) is 12.3. The smallest absolute Gasteiger partial charge is 0.417 e. The summed E-state index contributed by atoms with van der Waals surface area (Å²) in [5.41, 5.74) is 0.853. The van der Waals surface area contributed by atoms with Gasteiger partial charge in [-0.15, -0.1) is 0 Å². The molecule has 0 aliphatic rings. The molecule has 0 bridgehead atoms. The third-order valence-electron chi connectivity index (χ3n) is 2.90. The molecule has 22 heavy (non-hydrogen) atoms. The summed E-state index contributed by atoms with van der Waals surface area (Å²) in [4.78, 5) is 15.5. The third-order valence-corrected chi connectivity index (χ3v) is 2.90. The maximum absolute atomic E-state index is 12.8. The Labute approximate surface area is 127 Å². The highest BCUT2D eigenvalue weighted by Crippen LogP contribution is 2.11. The molecule has 0 atom stereocenters. The fourth-order valence-corrected chi connectivity index (χ4v) is 1.74. The number of aromatic nitrogens is 2. The lowest BCUT2D eigenvalue weighted by Crippen LogP contribution is -2.29. The van der Waals surface area contributed by atoms with E-state index in [2.05, 4.69) is 15.5 Å². The Morgan fingerprint density at radius 1 is 1.36 bits per heavy atom. The highest BCUT2D eigenvalue weighted by atomic mass is 19.1. The van der Waals surface area contributed by atoms with Crippen LogP contribution in [0.2, 0.25) is 0 Å². The van der Waals surface area contributed by atoms with Gasteiger partial charge in [0.2, 0.25) is 0 Å². The molecular weight excluding hydrogens is 289 g/mol. The molecule has 0 unspecified atom stereocenters. The number of nitrogens with zero attached hydrogens (tertiary/aromatic N) is 2. The van der Waals surface area contributed by atoms with Gasteiger partial charge in [0.25, 0.3) is 5.91 Å². The van der Waals surface area contributed by atoms with E-state index >= 15 is 0 Å². The minimum absolute atomic E-state index is 0.0530. The second-order valence-electron chi connectivity index (χ2n) is 4.77. The molecular formula is C15H18FN3O3. The van der Waals surface area contributed by atoms with Gasteiger partial charge in [0.05, 0.1) is 0 Å². The molecule has 1 heterocycles. The molecule has 6 nitrogen and oxygen atoms in total. The van der Waals surface area contributed by atoms with Crippen LogP contribution in [0.3, 0.4) is 0 Å². The van der Waals surface area contributed by atoms with Crippen molar-refractivity contribution in [2.45, 2.75) is 26.2 Å². The van der Waals surface area contributed by atoms with Crippen LogP contribution in [-0.2, 0) is 11.2 Å². The maximum Gasteiger partial charge on any atom is 0.417 e. The van der Waals surface area contributed by atoms with Gasteiger partial charge in [-0.3, -0.25) is 9.32 Å². The summed E-state index contributed by atoms with van der Waals surface area (Å²) in [7, 11) is 0. The van der Waals surface area contributed by atoms with Crippen LogP contribution in [0.25, 0.3) is 0 Å². The lowest BCUT2D eigenvalue weighted by atomic mass is 10.1. The van der Waals surface area contributed by atoms with Crippen LogP contribution < -0.4 is 10.1 Å². The van der Waals surface area contributed by atoms with E-state index in [-0.39, 0.29) is 24.4 Å². The topological polar surface area (TPSA) is 77.2 Å². The molecule has 0 aliphatic heterocycles. The Kier molecular flexibility index (Phi) is 5.88. The van der Waals surface area contributed by atoms with Gasteiger partial charge < -0.3 is 10.1 Å². The summed E-state index contributed by atoms with van der Waals surface area (Å²) in [6.07, 6.45) is 2.28. The van der Waals surface area contributed by atoms with E-state index in [4.69, 9.17) is 9.26 Å². The number of benzene rings is 1. The number of halogens is 1. The average molecular weight is 307 g/mol. The SMILES string of the molecule is CCCCNC(=O)COc1nc(Cc2ccc(F)cc2)no1. The average Bonchev–Trinajstić information content (AvgIpc) is 2.95. The zero-order valence-corrected chi connectivity index (χ0v) is 12.3. The Morgan fingerprint density at radius 3 is 2.86 bits per heavy atom. The minimum Gasteiger partial charge on any atom is -0.439 e. The van der Waals surface area contributed by atoms with Gasteiger partial charge in [-0.1, -0.05) is 30.6 Å². The van der Waals surface area contributed by atoms with Crippen LogP contribution in [0.15, 0.2) is 28.8 Å². The molecule has 0 aliphatic carbocycles. The summed E-state index contributed by atoms with van der Waals surface area (Å²) in [6, 6.07) is 6.03. The van der Waals surface area contributed by atoms with Crippen LogP contribution >= 0.6 is 0 Å². The quantitative estimate of drug-likeness (QED) is 0.756. The first-order chi connectivity index (χ1) is 10.7. The Morgan fingerprint density at radius 2 is 2.14 bits per heavy atom. The summed E-state index contributed by atoms with van der Waals surface area (Å²) < 4.78 is 22.8. The van der Waals surface area contributed by atoms with Crippen LogP contribution in [0.1, 0.15) is 31.2 Å². The summed E-state index contributed by atoms with van der Waals surface area (Å²) in [5.74, 6) is -0.116. The van der Waals surface area contributed by atoms with Gasteiger partial charge in [0.15, 0.2) is 12.4 Å². The van der Waals surface area contributed by atoms with Crippen molar-refractivity contribution in [1.29, 1.82) is 0 Å². The standard InChI is InChI=1S/C15H18FN3O3/c1-2-3-8-17-14(20)10-21-15-18-13(19-22-15)9-11-4-6-12(16)7-5-11/h4-7H,2-3,8-10H2,1H3,(H,17,20). The van der Waals surface area contributed by atoms with Gasteiger partial charge in [-0.25, -0.2) is 4.39 Å². The van der Waals surface area contributed by atoms with Crippen LogP contribution in [0, 0.1) is 5.82 Å². The number of unbranched alkanes of at least 4 members (excludes halogenated alkanes) is 1. The highest BCUT2D eigenvalue weighted by molar-refractivity contribution is 5.77. The van der Waals surface area contributed by atoms with Crippen molar-refractivity contribution in [2.24, 2.45) is 0 Å². The number of amides is 1. The molecule has 0 saturated heterocycles. The summed E-state index contributed by atoms with van der Waals surface area (Å²) in [5, 5.41) is 6.47. The Bertz CT molecular complexity index is 598. The van der Waals surface area contributed by atoms with E-state index < -0.39 is 0 Å². The zero-order chi connectivity index (χ0) is 15.8. The first-order valence-corrected chi connectivity index (χ1v) is 7.14. The molecule has 2 aromatic rings. The normalized spacial score (nSPS) is 10.5. The minimum atomic E-state index is -0.296. The van der Waals surface area contributed by atoms with E-state index in [1.54, 1.807) is 12.1 Å². The van der Waals surface area contributed by atoms with Gasteiger partial charge >= 0.3 is 6.08 Å². The molecule has 7 heteroatoms. The first-order valence-electron chi connectivity index (χ1n) is 7.14. The number of carbonyl (C=O) groups is 1. The number of carbonyl (C=O) groups excluding carboxylic acids is 1. The number of ether oxygens (including phenoxy) is 1. The highest BCUT2D eigenvalue weighted by Gasteiger charge is 2.10. The first kappa shape index (κ1) is 15.9. The lowest BCUT2D eigenvalue weighted by molar-refractivity contribution is -0.123.